The van der Waals surface area contributed by atoms with Gasteiger partial charge in [-0.25, -0.2) is 5.43 Å². The highest BCUT2D eigenvalue weighted by molar-refractivity contribution is 6.33. The Kier molecular flexibility index (Phi) is 5.35. The molecule has 0 spiro atoms. The van der Waals surface area contributed by atoms with Crippen LogP contribution < -0.4 is 10.2 Å². The van der Waals surface area contributed by atoms with Gasteiger partial charge in [-0.05, 0) is 23.8 Å². The van der Waals surface area contributed by atoms with E-state index in [1.807, 2.05) is 42.5 Å². The Morgan fingerprint density at radius 3 is 2.62 bits per heavy atom. The number of methoxy groups -OCH3 is 1. The summed E-state index contributed by atoms with van der Waals surface area (Å²) in [6, 6.07) is 14.6. The number of hydrogen-bond acceptors (Lipinski definition) is 3. The lowest BCUT2D eigenvalue weighted by atomic mass is 10.1. The second-order valence-corrected chi connectivity index (χ2v) is 4.75. The highest BCUT2D eigenvalue weighted by Crippen LogP contribution is 2.12. The minimum absolute atomic E-state index is 0.191. The predicted molar refractivity (Wildman–Crippen MR) is 83.9 cm³/mol. The zero-order chi connectivity index (χ0) is 15.1. The molecule has 0 aliphatic carbocycles. The van der Waals surface area contributed by atoms with Gasteiger partial charge >= 0.3 is 0 Å². The molecule has 2 aromatic rings. The molecule has 2 rings (SSSR count). The zero-order valence-corrected chi connectivity index (χ0v) is 12.3. The average Bonchev–Trinajstić information content (AvgIpc) is 2.50. The fourth-order valence-corrected chi connectivity index (χ4v) is 1.91. The van der Waals surface area contributed by atoms with Crippen LogP contribution in [0.2, 0.25) is 5.02 Å². The Hall–Kier alpha value is -2.33. The molecule has 0 atom stereocenters. The maximum Gasteiger partial charge on any atom is 0.244 e. The van der Waals surface area contributed by atoms with Crippen molar-refractivity contribution in [3.63, 3.8) is 0 Å². The largest absolute Gasteiger partial charge is 0.497 e. The van der Waals surface area contributed by atoms with Gasteiger partial charge in [-0.2, -0.15) is 5.10 Å². The molecule has 0 aliphatic heterocycles. The Labute approximate surface area is 128 Å². The van der Waals surface area contributed by atoms with Gasteiger partial charge in [-0.3, -0.25) is 4.79 Å². The van der Waals surface area contributed by atoms with E-state index in [1.165, 1.54) is 6.21 Å². The number of nitrogens with one attached hydrogen (secondary N) is 1. The first-order chi connectivity index (χ1) is 10.2. The molecule has 5 heteroatoms. The van der Waals surface area contributed by atoms with Crippen molar-refractivity contribution >= 4 is 23.7 Å². The molecule has 108 valence electrons. The molecule has 0 aromatic heterocycles. The van der Waals surface area contributed by atoms with Gasteiger partial charge in [-0.15, -0.1) is 0 Å². The smallest absolute Gasteiger partial charge is 0.244 e. The quantitative estimate of drug-likeness (QED) is 0.682. The topological polar surface area (TPSA) is 50.7 Å². The molecule has 2 aromatic carbocycles. The van der Waals surface area contributed by atoms with Crippen molar-refractivity contribution in [3.8, 4) is 5.75 Å². The van der Waals surface area contributed by atoms with Gasteiger partial charge in [0.25, 0.3) is 0 Å². The second kappa shape index (κ2) is 7.45. The summed E-state index contributed by atoms with van der Waals surface area (Å²) in [5.74, 6) is 0.569. The maximum absolute atomic E-state index is 11.8. The van der Waals surface area contributed by atoms with Crippen molar-refractivity contribution < 1.29 is 9.53 Å². The van der Waals surface area contributed by atoms with Crippen LogP contribution in [0.25, 0.3) is 0 Å². The lowest BCUT2D eigenvalue weighted by Crippen LogP contribution is -2.19. The van der Waals surface area contributed by atoms with E-state index in [9.17, 15) is 4.79 Å². The predicted octanol–water partition coefficient (Wildman–Crippen LogP) is 3.04. The van der Waals surface area contributed by atoms with Crippen molar-refractivity contribution in [1.29, 1.82) is 0 Å². The molecule has 0 radical (unpaired) electrons. The molecular weight excluding hydrogens is 288 g/mol. The third kappa shape index (κ3) is 4.61. The monoisotopic (exact) mass is 302 g/mol. The van der Waals surface area contributed by atoms with Crippen LogP contribution in [-0.4, -0.2) is 19.2 Å². The van der Waals surface area contributed by atoms with Crippen LogP contribution >= 0.6 is 11.6 Å². The van der Waals surface area contributed by atoms with Crippen molar-refractivity contribution in [2.24, 2.45) is 5.10 Å². The van der Waals surface area contributed by atoms with E-state index in [1.54, 1.807) is 13.2 Å². The SMILES string of the molecule is COc1ccc(CC(=O)NN=Cc2ccccc2Cl)cc1. The van der Waals surface area contributed by atoms with Crippen LogP contribution in [0.15, 0.2) is 53.6 Å². The number of amides is 1. The van der Waals surface area contributed by atoms with Crippen LogP contribution in [0.4, 0.5) is 0 Å². The van der Waals surface area contributed by atoms with Gasteiger partial charge in [0, 0.05) is 10.6 Å². The van der Waals surface area contributed by atoms with E-state index < -0.39 is 0 Å². The van der Waals surface area contributed by atoms with E-state index in [4.69, 9.17) is 16.3 Å². The fraction of sp³-hybridized carbons (Fsp3) is 0.125. The van der Waals surface area contributed by atoms with Crippen LogP contribution in [0.3, 0.4) is 0 Å². The Morgan fingerprint density at radius 1 is 1.24 bits per heavy atom. The molecule has 0 saturated heterocycles. The Morgan fingerprint density at radius 2 is 1.95 bits per heavy atom. The number of hydrazone groups is 1. The molecular formula is C16H15ClN2O2. The zero-order valence-electron chi connectivity index (χ0n) is 11.5. The number of ether oxygens (including phenoxy) is 1. The summed E-state index contributed by atoms with van der Waals surface area (Å²) in [5, 5.41) is 4.49. The fourth-order valence-electron chi connectivity index (χ4n) is 1.72. The van der Waals surface area contributed by atoms with Gasteiger partial charge in [0.1, 0.15) is 5.75 Å². The lowest BCUT2D eigenvalue weighted by Gasteiger charge is -2.03. The third-order valence-corrected chi connectivity index (χ3v) is 3.17. The number of benzene rings is 2. The number of hydrogen-bond donors (Lipinski definition) is 1. The molecule has 0 unspecified atom stereocenters. The molecule has 0 aliphatic rings. The van der Waals surface area contributed by atoms with Crippen molar-refractivity contribution in [1.82, 2.24) is 5.43 Å². The van der Waals surface area contributed by atoms with E-state index in [0.717, 1.165) is 16.9 Å². The third-order valence-electron chi connectivity index (χ3n) is 2.82. The summed E-state index contributed by atoms with van der Waals surface area (Å²) in [5.41, 5.74) is 4.12. The molecule has 1 N–H and O–H groups in total. The molecule has 1 amide bonds. The first-order valence-electron chi connectivity index (χ1n) is 6.38. The minimum atomic E-state index is -0.191. The van der Waals surface area contributed by atoms with Crippen LogP contribution in [0.1, 0.15) is 11.1 Å². The number of rotatable bonds is 5. The number of carbonyl (C=O) groups is 1. The van der Waals surface area contributed by atoms with Gasteiger partial charge in [-0.1, -0.05) is 41.9 Å². The van der Waals surface area contributed by atoms with E-state index in [-0.39, 0.29) is 12.3 Å². The average molecular weight is 303 g/mol. The van der Waals surface area contributed by atoms with Crippen molar-refractivity contribution in [2.45, 2.75) is 6.42 Å². The van der Waals surface area contributed by atoms with Gasteiger partial charge in [0.2, 0.25) is 5.91 Å². The van der Waals surface area contributed by atoms with Gasteiger partial charge < -0.3 is 4.74 Å². The van der Waals surface area contributed by atoms with Crippen molar-refractivity contribution in [2.75, 3.05) is 7.11 Å². The molecule has 21 heavy (non-hydrogen) atoms. The number of nitrogens with zero attached hydrogens (tertiary/aromatic N) is 1. The molecule has 4 nitrogen and oxygen atoms in total. The maximum atomic E-state index is 11.8. The first kappa shape index (κ1) is 15.1. The highest BCUT2D eigenvalue weighted by atomic mass is 35.5. The van der Waals surface area contributed by atoms with E-state index in [0.29, 0.717) is 5.02 Å². The first-order valence-corrected chi connectivity index (χ1v) is 6.76. The van der Waals surface area contributed by atoms with E-state index in [2.05, 4.69) is 10.5 Å². The van der Waals surface area contributed by atoms with E-state index >= 15 is 0 Å². The Balaban J connectivity index is 1.88. The summed E-state index contributed by atoms with van der Waals surface area (Å²) in [6.45, 7) is 0. The van der Waals surface area contributed by atoms with Crippen LogP contribution in [-0.2, 0) is 11.2 Å². The summed E-state index contributed by atoms with van der Waals surface area (Å²) in [7, 11) is 1.60. The summed E-state index contributed by atoms with van der Waals surface area (Å²) >= 11 is 5.98. The second-order valence-electron chi connectivity index (χ2n) is 4.34. The molecule has 0 saturated carbocycles. The minimum Gasteiger partial charge on any atom is -0.497 e. The summed E-state index contributed by atoms with van der Waals surface area (Å²) < 4.78 is 5.06. The normalized spacial score (nSPS) is 10.6. The van der Waals surface area contributed by atoms with Crippen LogP contribution in [0, 0.1) is 0 Å². The van der Waals surface area contributed by atoms with Gasteiger partial charge in [0.15, 0.2) is 0 Å². The van der Waals surface area contributed by atoms with Crippen molar-refractivity contribution in [3.05, 3.63) is 64.7 Å². The number of carbonyl (C=O) groups excluding carboxylic acids is 1. The molecule has 0 bridgehead atoms. The highest BCUT2D eigenvalue weighted by Gasteiger charge is 2.02. The summed E-state index contributed by atoms with van der Waals surface area (Å²) in [4.78, 5) is 11.8. The van der Waals surface area contributed by atoms with Gasteiger partial charge in [0.05, 0.1) is 19.7 Å². The number of halogens is 1. The molecule has 0 fully saturated rings. The molecule has 0 heterocycles. The standard InChI is InChI=1S/C16H15ClN2O2/c1-21-14-8-6-12(7-9-14)10-16(20)19-18-11-13-4-2-3-5-15(13)17/h2-9,11H,10H2,1H3,(H,19,20). The lowest BCUT2D eigenvalue weighted by molar-refractivity contribution is -0.120. The summed E-state index contributed by atoms with van der Waals surface area (Å²) in [6.07, 6.45) is 1.78. The van der Waals surface area contributed by atoms with Crippen LogP contribution in [0.5, 0.6) is 5.75 Å². The Bertz CT molecular complexity index is 639.